The molecule has 0 bridgehead atoms. The molecule has 2 rings (SSSR count). The highest BCUT2D eigenvalue weighted by atomic mass is 127. The van der Waals surface area contributed by atoms with Crippen LogP contribution in [0.1, 0.15) is 13.3 Å². The number of hydrogen-bond donors (Lipinski definition) is 1. The van der Waals surface area contributed by atoms with E-state index in [9.17, 15) is 4.79 Å². The maximum Gasteiger partial charge on any atom is 0.229 e. The largest absolute Gasteiger partial charge is 0.324 e. The first-order valence-electron chi connectivity index (χ1n) is 3.31. The molecule has 1 saturated heterocycles. The number of allylic oxidation sites excluding steroid dienone is 1. The Morgan fingerprint density at radius 2 is 2.55 bits per heavy atom. The van der Waals surface area contributed by atoms with E-state index in [-0.39, 0.29) is 26.6 Å². The lowest BCUT2D eigenvalue weighted by molar-refractivity contribution is -0.118. The molecule has 4 heteroatoms. The molecule has 0 spiro atoms. The van der Waals surface area contributed by atoms with Crippen molar-refractivity contribution in [2.45, 2.75) is 13.3 Å². The zero-order valence-electron chi connectivity index (χ0n) is 6.02. The van der Waals surface area contributed by atoms with Gasteiger partial charge >= 0.3 is 0 Å². The molecule has 0 aliphatic carbocycles. The van der Waals surface area contributed by atoms with E-state index in [0.717, 1.165) is 5.70 Å². The van der Waals surface area contributed by atoms with Gasteiger partial charge in [-0.3, -0.25) is 9.79 Å². The molecule has 0 radical (unpaired) electrons. The molecule has 1 N–H and O–H groups in total. The second-order valence-corrected chi connectivity index (χ2v) is 5.80. The number of carbonyl (C=O) groups excluding carboxylic acids is 1. The molecule has 11 heavy (non-hydrogen) atoms. The van der Waals surface area contributed by atoms with Gasteiger partial charge < -0.3 is 5.32 Å². The Balaban J connectivity index is 2.42. The van der Waals surface area contributed by atoms with Gasteiger partial charge in [0.15, 0.2) is 0 Å². The number of rotatable bonds is 0. The van der Waals surface area contributed by atoms with Crippen LogP contribution in [0.5, 0.6) is 0 Å². The van der Waals surface area contributed by atoms with E-state index in [0.29, 0.717) is 6.42 Å². The Hall–Kier alpha value is -0.520. The van der Waals surface area contributed by atoms with Crippen LogP contribution in [-0.4, -0.2) is 13.1 Å². The van der Waals surface area contributed by atoms with Gasteiger partial charge in [-0.1, -0.05) is 20.7 Å². The first kappa shape index (κ1) is 7.15. The Labute approximate surface area is 74.3 Å². The van der Waals surface area contributed by atoms with Crippen LogP contribution in [0, 0.1) is 0 Å². The van der Waals surface area contributed by atoms with Crippen LogP contribution >= 0.6 is 20.7 Å². The van der Waals surface area contributed by atoms with Crippen molar-refractivity contribution in [3.63, 3.8) is 0 Å². The van der Waals surface area contributed by atoms with E-state index in [1.54, 1.807) is 6.20 Å². The van der Waals surface area contributed by atoms with E-state index < -0.39 is 0 Å². The third-order valence-electron chi connectivity index (χ3n) is 1.50. The summed E-state index contributed by atoms with van der Waals surface area (Å²) < 4.78 is 2.49. The van der Waals surface area contributed by atoms with Gasteiger partial charge in [0.25, 0.3) is 0 Å². The van der Waals surface area contributed by atoms with Crippen molar-refractivity contribution in [3.05, 3.63) is 11.9 Å². The van der Waals surface area contributed by atoms with Crippen molar-refractivity contribution in [2.24, 2.45) is 4.99 Å². The van der Waals surface area contributed by atoms with E-state index in [1.165, 1.54) is 7.23 Å². The average molecular weight is 262 g/mol. The second kappa shape index (κ2) is 2.51. The zero-order chi connectivity index (χ0) is 7.84. The highest BCUT2D eigenvalue weighted by Gasteiger charge is 2.22. The molecule has 2 aliphatic heterocycles. The third kappa shape index (κ3) is 1.26. The molecule has 2 heterocycles. The lowest BCUT2D eigenvalue weighted by atomic mass is 10.3. The van der Waals surface area contributed by atoms with Crippen LogP contribution in [0.3, 0.4) is 0 Å². The van der Waals surface area contributed by atoms with Crippen molar-refractivity contribution in [1.29, 1.82) is 0 Å². The predicted octanol–water partition coefficient (Wildman–Crippen LogP) is 0.923. The Kier molecular flexibility index (Phi) is 1.63. The fourth-order valence-corrected chi connectivity index (χ4v) is 3.35. The first-order chi connectivity index (χ1) is 5.25. The summed E-state index contributed by atoms with van der Waals surface area (Å²) in [6.45, 7) is 2.02. The fourth-order valence-electron chi connectivity index (χ4n) is 1.03. The summed E-state index contributed by atoms with van der Waals surface area (Å²) in [5, 5.41) is 2.78. The Morgan fingerprint density at radius 1 is 1.73 bits per heavy atom. The molecule has 1 amide bonds. The lowest BCUT2D eigenvalue weighted by Gasteiger charge is -2.02. The van der Waals surface area contributed by atoms with E-state index >= 15 is 0 Å². The minimum atomic E-state index is -0.104. The summed E-state index contributed by atoms with van der Waals surface area (Å²) in [5.41, 5.74) is 0.966. The Bertz CT molecular complexity index is 314. The van der Waals surface area contributed by atoms with Crippen LogP contribution in [-0.2, 0) is 4.79 Å². The molecule has 0 aromatic heterocycles. The third-order valence-corrected chi connectivity index (χ3v) is 4.18. The van der Waals surface area contributed by atoms with Crippen LogP contribution in [0.2, 0.25) is 0 Å². The summed E-state index contributed by atoms with van der Waals surface area (Å²) in [7, 11) is 0. The second-order valence-electron chi connectivity index (χ2n) is 2.39. The number of nitrogens with zero attached hydrogens (tertiary/aromatic N) is 1. The topological polar surface area (TPSA) is 41.5 Å². The van der Waals surface area contributed by atoms with Crippen LogP contribution in [0.4, 0.5) is 0 Å². The van der Waals surface area contributed by atoms with Crippen molar-refractivity contribution >= 4 is 33.9 Å². The molecule has 2 aliphatic rings. The standard InChI is InChI=1S/C7H7IN2O/c1-4-8-5-2-7(11)10-6(5)3-9-4/h3H,2H2,1H3,(H,10,11). The maximum absolute atomic E-state index is 10.9. The van der Waals surface area contributed by atoms with Gasteiger partial charge in [0.2, 0.25) is 5.91 Å². The zero-order valence-corrected chi connectivity index (χ0v) is 8.18. The van der Waals surface area contributed by atoms with Gasteiger partial charge in [0.05, 0.1) is 22.0 Å². The first-order valence-corrected chi connectivity index (χ1v) is 5.47. The molecule has 1 fully saturated rings. The molecule has 0 atom stereocenters. The number of nitrogens with one attached hydrogen (secondary N) is 1. The molecule has 3 nitrogen and oxygen atoms in total. The molecule has 0 aromatic carbocycles. The lowest BCUT2D eigenvalue weighted by Crippen LogP contribution is -2.12. The molecule has 0 aromatic rings. The summed E-state index contributed by atoms with van der Waals surface area (Å²) in [4.78, 5) is 15.1. The summed E-state index contributed by atoms with van der Waals surface area (Å²) in [6, 6.07) is 0. The normalized spacial score (nSPS) is 22.3. The van der Waals surface area contributed by atoms with E-state index in [4.69, 9.17) is 0 Å². The monoisotopic (exact) mass is 262 g/mol. The quantitative estimate of drug-likeness (QED) is 0.648. The number of carbonyl (C=O) groups is 1. The smallest absolute Gasteiger partial charge is 0.229 e. The molecule has 0 unspecified atom stereocenters. The Morgan fingerprint density at radius 3 is 3.36 bits per heavy atom. The van der Waals surface area contributed by atoms with Crippen molar-refractivity contribution in [3.8, 4) is 0 Å². The molecule has 0 saturated carbocycles. The minimum Gasteiger partial charge on any atom is -0.324 e. The summed E-state index contributed by atoms with van der Waals surface area (Å²) in [5.74, 6) is 0.121. The molecular formula is C7H7IN2O. The fraction of sp³-hybridized carbons (Fsp3) is 0.286. The van der Waals surface area contributed by atoms with Crippen LogP contribution in [0.15, 0.2) is 16.9 Å². The van der Waals surface area contributed by atoms with Gasteiger partial charge in [0.1, 0.15) is 0 Å². The van der Waals surface area contributed by atoms with Gasteiger partial charge in [-0.15, -0.1) is 0 Å². The SMILES string of the molecule is CC1=NC=C2NC(=O)CC2=I1. The van der Waals surface area contributed by atoms with E-state index in [1.807, 2.05) is 6.92 Å². The van der Waals surface area contributed by atoms with Crippen LogP contribution < -0.4 is 5.32 Å². The highest BCUT2D eigenvalue weighted by molar-refractivity contribution is 14.2. The van der Waals surface area contributed by atoms with Gasteiger partial charge in [-0.05, 0) is 6.92 Å². The van der Waals surface area contributed by atoms with Gasteiger partial charge in [0, 0.05) is 3.51 Å². The van der Waals surface area contributed by atoms with Gasteiger partial charge in [-0.2, -0.15) is 0 Å². The van der Waals surface area contributed by atoms with Crippen molar-refractivity contribution < 1.29 is 4.79 Å². The summed E-state index contributed by atoms with van der Waals surface area (Å²) >= 11 is -0.104. The van der Waals surface area contributed by atoms with Crippen molar-refractivity contribution in [1.82, 2.24) is 5.32 Å². The predicted molar refractivity (Wildman–Crippen MR) is 53.0 cm³/mol. The number of amides is 1. The number of aliphatic imine (C=N–C) groups is 1. The maximum atomic E-state index is 10.9. The number of hydrogen-bond acceptors (Lipinski definition) is 2. The molecule has 58 valence electrons. The van der Waals surface area contributed by atoms with Crippen LogP contribution in [0.25, 0.3) is 0 Å². The van der Waals surface area contributed by atoms with Crippen molar-refractivity contribution in [2.75, 3.05) is 0 Å². The van der Waals surface area contributed by atoms with Gasteiger partial charge in [-0.25, -0.2) is 0 Å². The average Bonchev–Trinajstić information content (AvgIpc) is 2.27. The highest BCUT2D eigenvalue weighted by Crippen LogP contribution is 2.21. The molecular weight excluding hydrogens is 255 g/mol. The minimum absolute atomic E-state index is 0.104. The summed E-state index contributed by atoms with van der Waals surface area (Å²) in [6.07, 6.45) is 2.37. The number of halogens is 1. The number of fused-ring (bicyclic) bond motifs is 1. The van der Waals surface area contributed by atoms with E-state index in [2.05, 4.69) is 10.3 Å².